The van der Waals surface area contributed by atoms with Crippen LogP contribution in [0.3, 0.4) is 0 Å². The first-order valence-electron chi connectivity index (χ1n) is 7.39. The first-order valence-corrected chi connectivity index (χ1v) is 7.39. The number of nitrogens with zero attached hydrogens (tertiary/aromatic N) is 1. The van der Waals surface area contributed by atoms with Crippen molar-refractivity contribution in [3.63, 3.8) is 0 Å². The van der Waals surface area contributed by atoms with Gasteiger partial charge in [-0.2, -0.15) is 13.2 Å². The minimum absolute atomic E-state index is 0.194. The lowest BCUT2D eigenvalue weighted by Gasteiger charge is -2.61. The van der Waals surface area contributed by atoms with E-state index in [2.05, 4.69) is 0 Å². The Labute approximate surface area is 133 Å². The summed E-state index contributed by atoms with van der Waals surface area (Å²) in [4.78, 5) is 13.8. The van der Waals surface area contributed by atoms with E-state index in [1.54, 1.807) is 13.8 Å². The molecule has 2 heterocycles. The van der Waals surface area contributed by atoms with E-state index in [0.29, 0.717) is 6.54 Å². The predicted molar refractivity (Wildman–Crippen MR) is 77.6 cm³/mol. The lowest BCUT2D eigenvalue weighted by molar-refractivity contribution is -0.276. The standard InChI is InChI=1S/C16H22F3NO3/c1-10-6-7-11(23-10)15(22,16(17,18)19)8-12(21)20-9-13(2,3)14(20,4)5/h6-7,22H,8-9H2,1-5H3. The highest BCUT2D eigenvalue weighted by molar-refractivity contribution is 5.79. The lowest BCUT2D eigenvalue weighted by Crippen LogP contribution is -2.71. The van der Waals surface area contributed by atoms with E-state index in [-0.39, 0.29) is 11.2 Å². The fraction of sp³-hybridized carbons (Fsp3) is 0.688. The molecule has 1 amide bonds. The number of hydrogen-bond acceptors (Lipinski definition) is 3. The molecule has 0 bridgehead atoms. The summed E-state index contributed by atoms with van der Waals surface area (Å²) in [6, 6.07) is 2.38. The van der Waals surface area contributed by atoms with E-state index in [0.717, 1.165) is 6.07 Å². The summed E-state index contributed by atoms with van der Waals surface area (Å²) in [5.41, 5.74) is -4.09. The van der Waals surface area contributed by atoms with Gasteiger partial charge in [-0.25, -0.2) is 0 Å². The molecule has 0 saturated carbocycles. The number of rotatable bonds is 3. The minimum atomic E-state index is -5.02. The number of alkyl halides is 3. The normalized spacial score (nSPS) is 22.4. The maximum Gasteiger partial charge on any atom is 0.425 e. The number of aryl methyl sites for hydroxylation is 1. The Morgan fingerprint density at radius 1 is 1.30 bits per heavy atom. The molecule has 1 aliphatic heterocycles. The molecule has 0 aliphatic carbocycles. The summed E-state index contributed by atoms with van der Waals surface area (Å²) in [6.45, 7) is 9.33. The third-order valence-corrected chi connectivity index (χ3v) is 5.21. The topological polar surface area (TPSA) is 53.7 Å². The first-order chi connectivity index (χ1) is 10.2. The van der Waals surface area contributed by atoms with Gasteiger partial charge in [0.05, 0.1) is 6.42 Å². The van der Waals surface area contributed by atoms with Crippen molar-refractivity contribution in [2.24, 2.45) is 5.41 Å². The average molecular weight is 333 g/mol. The van der Waals surface area contributed by atoms with Gasteiger partial charge in [-0.05, 0) is 32.9 Å². The van der Waals surface area contributed by atoms with Crippen LogP contribution in [-0.4, -0.2) is 34.2 Å². The molecule has 1 fully saturated rings. The van der Waals surface area contributed by atoms with Crippen molar-refractivity contribution >= 4 is 5.91 Å². The van der Waals surface area contributed by atoms with Gasteiger partial charge >= 0.3 is 6.18 Å². The zero-order valence-electron chi connectivity index (χ0n) is 13.9. The Hall–Kier alpha value is -1.50. The quantitative estimate of drug-likeness (QED) is 0.923. The van der Waals surface area contributed by atoms with Gasteiger partial charge in [0, 0.05) is 17.5 Å². The average Bonchev–Trinajstić information content (AvgIpc) is 2.81. The van der Waals surface area contributed by atoms with Gasteiger partial charge in [0.2, 0.25) is 11.5 Å². The number of halogens is 3. The molecular formula is C16H22F3NO3. The fourth-order valence-corrected chi connectivity index (χ4v) is 2.76. The van der Waals surface area contributed by atoms with Gasteiger partial charge in [0.25, 0.3) is 0 Å². The van der Waals surface area contributed by atoms with Crippen molar-refractivity contribution < 1.29 is 27.5 Å². The van der Waals surface area contributed by atoms with Crippen molar-refractivity contribution in [3.05, 3.63) is 23.7 Å². The molecular weight excluding hydrogens is 311 g/mol. The highest BCUT2D eigenvalue weighted by atomic mass is 19.4. The second-order valence-electron chi connectivity index (χ2n) is 7.37. The van der Waals surface area contributed by atoms with Gasteiger partial charge < -0.3 is 14.4 Å². The van der Waals surface area contributed by atoms with Gasteiger partial charge in [-0.3, -0.25) is 4.79 Å². The number of carbonyl (C=O) groups excluding carboxylic acids is 1. The minimum Gasteiger partial charge on any atom is -0.463 e. The summed E-state index contributed by atoms with van der Waals surface area (Å²) in [5.74, 6) is -1.17. The summed E-state index contributed by atoms with van der Waals surface area (Å²) >= 11 is 0. The van der Waals surface area contributed by atoms with E-state index in [1.165, 1.54) is 17.9 Å². The van der Waals surface area contributed by atoms with Crippen molar-refractivity contribution in [2.45, 2.75) is 58.4 Å². The third kappa shape index (κ3) is 2.65. The van der Waals surface area contributed by atoms with Gasteiger partial charge in [-0.15, -0.1) is 0 Å². The van der Waals surface area contributed by atoms with Crippen LogP contribution in [-0.2, 0) is 10.4 Å². The van der Waals surface area contributed by atoms with Crippen molar-refractivity contribution in [3.8, 4) is 0 Å². The van der Waals surface area contributed by atoms with Gasteiger partial charge in [-0.1, -0.05) is 13.8 Å². The van der Waals surface area contributed by atoms with E-state index in [1.807, 2.05) is 13.8 Å². The van der Waals surface area contributed by atoms with Crippen LogP contribution in [0.4, 0.5) is 13.2 Å². The Morgan fingerprint density at radius 3 is 2.22 bits per heavy atom. The zero-order valence-corrected chi connectivity index (χ0v) is 13.9. The van der Waals surface area contributed by atoms with Crippen LogP contribution in [0.1, 0.15) is 45.6 Å². The monoisotopic (exact) mass is 333 g/mol. The largest absolute Gasteiger partial charge is 0.463 e. The number of aliphatic hydroxyl groups is 1. The maximum atomic E-state index is 13.4. The molecule has 1 saturated heterocycles. The van der Waals surface area contributed by atoms with Crippen molar-refractivity contribution in [1.82, 2.24) is 4.90 Å². The van der Waals surface area contributed by atoms with Crippen LogP contribution in [0.25, 0.3) is 0 Å². The molecule has 1 aromatic rings. The van der Waals surface area contributed by atoms with E-state index >= 15 is 0 Å². The Balaban J connectivity index is 2.29. The smallest absolute Gasteiger partial charge is 0.425 e. The second-order valence-corrected chi connectivity index (χ2v) is 7.37. The third-order valence-electron chi connectivity index (χ3n) is 5.21. The lowest BCUT2D eigenvalue weighted by atomic mass is 9.65. The zero-order chi connectivity index (χ0) is 17.8. The number of hydrogen-bond donors (Lipinski definition) is 1. The number of carbonyl (C=O) groups is 1. The van der Waals surface area contributed by atoms with Crippen LogP contribution in [0.2, 0.25) is 0 Å². The highest BCUT2D eigenvalue weighted by Crippen LogP contribution is 2.49. The van der Waals surface area contributed by atoms with Crippen LogP contribution >= 0.6 is 0 Å². The summed E-state index contributed by atoms with van der Waals surface area (Å²) in [7, 11) is 0. The molecule has 130 valence electrons. The van der Waals surface area contributed by atoms with Gasteiger partial charge in [0.1, 0.15) is 11.5 Å². The SMILES string of the molecule is Cc1ccc(C(O)(CC(=O)N2CC(C)(C)C2(C)C)C(F)(F)F)o1. The highest BCUT2D eigenvalue weighted by Gasteiger charge is 2.61. The second kappa shape index (κ2) is 5.00. The molecule has 1 N–H and O–H groups in total. The molecule has 2 rings (SSSR count). The molecule has 23 heavy (non-hydrogen) atoms. The Bertz CT molecular complexity index is 618. The van der Waals surface area contributed by atoms with E-state index in [9.17, 15) is 23.1 Å². The Morgan fingerprint density at radius 2 is 1.87 bits per heavy atom. The summed E-state index contributed by atoms with van der Waals surface area (Å²) < 4.78 is 45.2. The molecule has 1 aromatic heterocycles. The first kappa shape index (κ1) is 17.8. The molecule has 7 heteroatoms. The number of likely N-dealkylation sites (tertiary alicyclic amines) is 1. The molecule has 1 aliphatic rings. The molecule has 0 aromatic carbocycles. The maximum absolute atomic E-state index is 13.4. The van der Waals surface area contributed by atoms with Crippen molar-refractivity contribution in [2.75, 3.05) is 6.54 Å². The van der Waals surface area contributed by atoms with Crippen LogP contribution in [0, 0.1) is 12.3 Å². The molecule has 0 radical (unpaired) electrons. The molecule has 0 spiro atoms. The fourth-order valence-electron chi connectivity index (χ4n) is 2.76. The van der Waals surface area contributed by atoms with E-state index in [4.69, 9.17) is 4.42 Å². The van der Waals surface area contributed by atoms with Crippen LogP contribution in [0.15, 0.2) is 16.5 Å². The number of furan rings is 1. The predicted octanol–water partition coefficient (Wildman–Crippen LogP) is 3.38. The van der Waals surface area contributed by atoms with Crippen LogP contribution < -0.4 is 0 Å². The summed E-state index contributed by atoms with van der Waals surface area (Å²) in [6.07, 6.45) is -6.11. The molecule has 1 unspecified atom stereocenters. The number of amides is 1. The van der Waals surface area contributed by atoms with Gasteiger partial charge in [0.15, 0.2) is 0 Å². The summed E-state index contributed by atoms with van der Waals surface area (Å²) in [5, 5.41) is 10.2. The Kier molecular flexibility index (Phi) is 3.88. The molecule has 1 atom stereocenters. The molecule has 4 nitrogen and oxygen atoms in total. The van der Waals surface area contributed by atoms with Crippen molar-refractivity contribution in [1.29, 1.82) is 0 Å². The van der Waals surface area contributed by atoms with E-state index < -0.39 is 35.4 Å². The van der Waals surface area contributed by atoms with Crippen LogP contribution in [0.5, 0.6) is 0 Å².